The lowest BCUT2D eigenvalue weighted by Gasteiger charge is -2.47. The van der Waals surface area contributed by atoms with E-state index in [1.807, 2.05) is 67.4 Å². The van der Waals surface area contributed by atoms with Gasteiger partial charge in [-0.2, -0.15) is 0 Å². The van der Waals surface area contributed by atoms with Crippen LogP contribution in [0, 0.1) is 5.92 Å². The highest BCUT2D eigenvalue weighted by Gasteiger charge is 2.47. The monoisotopic (exact) mass is 414 g/mol. The van der Waals surface area contributed by atoms with Crippen molar-refractivity contribution in [2.75, 3.05) is 11.6 Å². The largest absolute Gasteiger partial charge is 0.457 e. The Morgan fingerprint density at radius 1 is 0.968 bits per heavy atom. The highest BCUT2D eigenvalue weighted by atomic mass is 16.5. The Morgan fingerprint density at radius 2 is 1.74 bits per heavy atom. The summed E-state index contributed by atoms with van der Waals surface area (Å²) in [5, 5.41) is 2.45. The first-order chi connectivity index (χ1) is 15.3. The molecule has 1 aliphatic carbocycles. The van der Waals surface area contributed by atoms with Gasteiger partial charge in [0, 0.05) is 0 Å². The summed E-state index contributed by atoms with van der Waals surface area (Å²) in [6.07, 6.45) is 14.4. The highest BCUT2D eigenvalue weighted by molar-refractivity contribution is 5.82. The van der Waals surface area contributed by atoms with Gasteiger partial charge in [-0.1, -0.05) is 31.0 Å². The van der Waals surface area contributed by atoms with Crippen LogP contribution in [0.5, 0.6) is 11.5 Å². The third kappa shape index (κ3) is 3.69. The van der Waals surface area contributed by atoms with E-state index in [0.29, 0.717) is 23.1 Å². The molecule has 6 nitrogen and oxygen atoms in total. The summed E-state index contributed by atoms with van der Waals surface area (Å²) < 4.78 is 6.43. The Bertz CT molecular complexity index is 1030. The number of quaternary nitrogens is 1. The molecule has 0 saturated heterocycles. The first-order valence-corrected chi connectivity index (χ1v) is 11.0. The van der Waals surface area contributed by atoms with Crippen LogP contribution in [0.15, 0.2) is 88.9 Å². The maximum Gasteiger partial charge on any atom is 0.225 e. The lowest BCUT2D eigenvalue weighted by atomic mass is 9.83. The zero-order valence-corrected chi connectivity index (χ0v) is 17.5. The molecule has 5 rings (SSSR count). The van der Waals surface area contributed by atoms with E-state index in [2.05, 4.69) is 33.3 Å². The molecule has 0 aromatic heterocycles. The van der Waals surface area contributed by atoms with Crippen molar-refractivity contribution in [3.05, 3.63) is 78.9 Å². The van der Waals surface area contributed by atoms with Gasteiger partial charge < -0.3 is 10.5 Å². The minimum atomic E-state index is 0.309. The minimum absolute atomic E-state index is 0.309. The fraction of sp³-hybridized carbons (Fsp3) is 0.280. The zero-order valence-electron chi connectivity index (χ0n) is 17.5. The van der Waals surface area contributed by atoms with Crippen molar-refractivity contribution < 1.29 is 9.33 Å². The molecule has 2 aromatic rings. The van der Waals surface area contributed by atoms with Crippen LogP contribution in [0.4, 0.5) is 5.69 Å². The number of ether oxygens (including phenoxy) is 1. The van der Waals surface area contributed by atoms with Crippen LogP contribution in [0.3, 0.4) is 0 Å². The predicted octanol–water partition coefficient (Wildman–Crippen LogP) is 4.97. The van der Waals surface area contributed by atoms with Crippen molar-refractivity contribution in [3.63, 3.8) is 0 Å². The van der Waals surface area contributed by atoms with Gasteiger partial charge in [0.2, 0.25) is 12.0 Å². The Morgan fingerprint density at radius 3 is 2.55 bits per heavy atom. The molecule has 0 bridgehead atoms. The van der Waals surface area contributed by atoms with Crippen LogP contribution >= 0.6 is 0 Å². The van der Waals surface area contributed by atoms with Crippen molar-refractivity contribution in [1.29, 1.82) is 0 Å². The van der Waals surface area contributed by atoms with Crippen molar-refractivity contribution >= 4 is 18.2 Å². The first kappa shape index (κ1) is 19.7. The first-order valence-electron chi connectivity index (χ1n) is 11.0. The van der Waals surface area contributed by atoms with Gasteiger partial charge >= 0.3 is 0 Å². The fourth-order valence-electron chi connectivity index (χ4n) is 4.84. The second-order valence-corrected chi connectivity index (χ2v) is 8.23. The van der Waals surface area contributed by atoms with Gasteiger partial charge in [-0.25, -0.2) is 10.0 Å². The molecule has 0 spiro atoms. The van der Waals surface area contributed by atoms with Gasteiger partial charge in [0.15, 0.2) is 6.20 Å². The number of anilines is 1. The summed E-state index contributed by atoms with van der Waals surface area (Å²) in [5.74, 6) is 2.08. The molecule has 2 aliphatic heterocycles. The summed E-state index contributed by atoms with van der Waals surface area (Å²) in [6.45, 7) is 0.685. The lowest BCUT2D eigenvalue weighted by molar-refractivity contribution is -0.746. The van der Waals surface area contributed by atoms with E-state index in [-0.39, 0.29) is 0 Å². The summed E-state index contributed by atoms with van der Waals surface area (Å²) in [7, 11) is 0. The molecule has 1 saturated carbocycles. The Labute approximate surface area is 183 Å². The molecule has 6 heteroatoms. The minimum Gasteiger partial charge on any atom is -0.457 e. The SMILES string of the molecule is NCC1CCCCC1N(c1ccc(Oc2ccccc2)cc1)[N+]12C=CN=CC1=CN=C2. The molecule has 3 atom stereocenters. The van der Waals surface area contributed by atoms with Gasteiger partial charge in [-0.05, 0) is 61.7 Å². The van der Waals surface area contributed by atoms with Crippen LogP contribution in [0.2, 0.25) is 0 Å². The van der Waals surface area contributed by atoms with E-state index < -0.39 is 0 Å². The van der Waals surface area contributed by atoms with E-state index in [9.17, 15) is 0 Å². The van der Waals surface area contributed by atoms with Crippen molar-refractivity contribution in [2.24, 2.45) is 21.6 Å². The molecule has 158 valence electrons. The van der Waals surface area contributed by atoms with E-state index >= 15 is 0 Å². The van der Waals surface area contributed by atoms with E-state index in [4.69, 9.17) is 10.5 Å². The molecule has 0 radical (unpaired) electrons. The van der Waals surface area contributed by atoms with Crippen LogP contribution in [-0.2, 0) is 0 Å². The standard InChI is InChI=1S/C25H28N5O/c26-16-20-6-4-5-9-25(20)29(30-15-14-27-17-22(30)18-28-19-30)21-10-12-24(13-11-21)31-23-7-2-1-3-8-23/h1-3,7-8,10-15,17-20,25H,4-6,9,16,26H2/q+1. The molecule has 0 amide bonds. The number of rotatable bonds is 6. The van der Waals surface area contributed by atoms with Crippen LogP contribution in [0.25, 0.3) is 0 Å². The molecule has 31 heavy (non-hydrogen) atoms. The maximum absolute atomic E-state index is 6.24. The quantitative estimate of drug-likeness (QED) is 0.679. The van der Waals surface area contributed by atoms with Gasteiger partial charge in [0.1, 0.15) is 11.5 Å². The van der Waals surface area contributed by atoms with Crippen LogP contribution in [0.1, 0.15) is 25.7 Å². The Balaban J connectivity index is 1.52. The number of hydrogen-bond acceptors (Lipinski definition) is 5. The summed E-state index contributed by atoms with van der Waals surface area (Å²) in [6, 6.07) is 18.5. The molecular weight excluding hydrogens is 386 g/mol. The third-order valence-electron chi connectivity index (χ3n) is 6.37. The Kier molecular flexibility index (Phi) is 5.40. The topological polar surface area (TPSA) is 63.2 Å². The second kappa shape index (κ2) is 8.49. The normalized spacial score (nSPS) is 26.4. The van der Waals surface area contributed by atoms with Gasteiger partial charge in [-0.3, -0.25) is 4.99 Å². The number of nitrogens with zero attached hydrogens (tertiary/aromatic N) is 4. The van der Waals surface area contributed by atoms with Crippen LogP contribution < -0.4 is 15.5 Å². The van der Waals surface area contributed by atoms with Gasteiger partial charge in [0.25, 0.3) is 0 Å². The summed E-state index contributed by atoms with van der Waals surface area (Å²) in [5.41, 5.74) is 8.39. The lowest BCUT2D eigenvalue weighted by Crippen LogP contribution is -2.62. The molecule has 2 N–H and O–H groups in total. The molecule has 2 heterocycles. The van der Waals surface area contributed by atoms with E-state index in [1.54, 1.807) is 0 Å². The number of para-hydroxylation sites is 1. The second-order valence-electron chi connectivity index (χ2n) is 8.23. The maximum atomic E-state index is 6.24. The number of nitrogens with two attached hydrogens (primary N) is 1. The average Bonchev–Trinajstić information content (AvgIpc) is 3.26. The third-order valence-corrected chi connectivity index (χ3v) is 6.37. The zero-order chi connectivity index (χ0) is 21.1. The van der Waals surface area contributed by atoms with Crippen molar-refractivity contribution in [1.82, 2.24) is 0 Å². The number of benzene rings is 2. The number of hydrogen-bond donors (Lipinski definition) is 1. The van der Waals surface area contributed by atoms with Gasteiger partial charge in [0.05, 0.1) is 30.3 Å². The summed E-state index contributed by atoms with van der Waals surface area (Å²) >= 11 is 0. The molecule has 3 unspecified atom stereocenters. The molecular formula is C25H28N5O+. The predicted molar refractivity (Wildman–Crippen MR) is 125 cm³/mol. The number of aliphatic imine (C=N–C) groups is 2. The highest BCUT2D eigenvalue weighted by Crippen LogP contribution is 2.40. The van der Waals surface area contributed by atoms with E-state index in [0.717, 1.165) is 35.7 Å². The van der Waals surface area contributed by atoms with Crippen LogP contribution in [-0.4, -0.2) is 29.7 Å². The molecule has 2 aromatic carbocycles. The number of allylic oxidation sites excluding steroid dienone is 1. The fourth-order valence-corrected chi connectivity index (χ4v) is 4.84. The van der Waals surface area contributed by atoms with Gasteiger partial charge in [-0.15, -0.1) is 4.59 Å². The molecule has 1 fully saturated rings. The number of fused-ring (bicyclic) bond motifs is 1. The summed E-state index contributed by atoms with van der Waals surface area (Å²) in [4.78, 5) is 8.86. The van der Waals surface area contributed by atoms with Crippen molar-refractivity contribution in [3.8, 4) is 11.5 Å². The Hall–Kier alpha value is -3.22. The average molecular weight is 415 g/mol. The molecule has 3 aliphatic rings. The van der Waals surface area contributed by atoms with Crippen molar-refractivity contribution in [2.45, 2.75) is 31.7 Å². The van der Waals surface area contributed by atoms with E-state index in [1.165, 1.54) is 12.8 Å². The smallest absolute Gasteiger partial charge is 0.225 e.